The Bertz CT molecular complexity index is 1060. The Morgan fingerprint density at radius 1 is 0.844 bits per heavy atom. The monoisotopic (exact) mass is 447 g/mol. The van der Waals surface area contributed by atoms with Crippen LogP contribution in [0.25, 0.3) is 0 Å². The second-order valence-electron chi connectivity index (χ2n) is 7.93. The summed E-state index contributed by atoms with van der Waals surface area (Å²) >= 11 is 5.90. The predicted molar refractivity (Wildman–Crippen MR) is 128 cm³/mol. The lowest BCUT2D eigenvalue weighted by atomic mass is 10.0. The average Bonchev–Trinajstić information content (AvgIpc) is 2.84. The van der Waals surface area contributed by atoms with E-state index < -0.39 is 0 Å². The lowest BCUT2D eigenvalue weighted by Crippen LogP contribution is -2.45. The predicted octanol–water partition coefficient (Wildman–Crippen LogP) is 4.67. The van der Waals surface area contributed by atoms with E-state index in [0.29, 0.717) is 22.7 Å². The van der Waals surface area contributed by atoms with Crippen LogP contribution >= 0.6 is 11.6 Å². The normalized spacial score (nSPS) is 14.1. The minimum Gasteiger partial charge on any atom is -0.371 e. The molecule has 0 radical (unpaired) electrons. The van der Waals surface area contributed by atoms with Gasteiger partial charge >= 0.3 is 0 Å². The maximum atomic E-state index is 12.9. The van der Waals surface area contributed by atoms with Gasteiger partial charge in [-0.05, 0) is 54.8 Å². The molecule has 0 saturated carbocycles. The molecule has 3 aromatic carbocycles. The van der Waals surface area contributed by atoms with Crippen LogP contribution < -0.4 is 15.5 Å². The smallest absolute Gasteiger partial charge is 0.253 e. The lowest BCUT2D eigenvalue weighted by molar-refractivity contribution is 0.0929. The number of anilines is 1. The first-order valence-corrected chi connectivity index (χ1v) is 11.2. The molecule has 4 rings (SSSR count). The van der Waals surface area contributed by atoms with E-state index >= 15 is 0 Å². The maximum absolute atomic E-state index is 12.9. The van der Waals surface area contributed by atoms with Crippen molar-refractivity contribution in [2.75, 3.05) is 18.0 Å². The van der Waals surface area contributed by atoms with E-state index in [1.54, 1.807) is 24.3 Å². The van der Waals surface area contributed by atoms with Gasteiger partial charge in [0.15, 0.2) is 0 Å². The second-order valence-corrected chi connectivity index (χ2v) is 8.36. The minimum atomic E-state index is -0.0826. The second kappa shape index (κ2) is 10.3. The van der Waals surface area contributed by atoms with Gasteiger partial charge in [0, 0.05) is 41.9 Å². The molecule has 3 aromatic rings. The average molecular weight is 448 g/mol. The van der Waals surface area contributed by atoms with Crippen molar-refractivity contribution >= 4 is 29.1 Å². The fraction of sp³-hybridized carbons (Fsp3) is 0.231. The molecule has 0 unspecified atom stereocenters. The van der Waals surface area contributed by atoms with Gasteiger partial charge in [0.1, 0.15) is 0 Å². The zero-order valence-electron chi connectivity index (χ0n) is 17.8. The van der Waals surface area contributed by atoms with Gasteiger partial charge < -0.3 is 15.5 Å². The highest BCUT2D eigenvalue weighted by atomic mass is 35.5. The molecule has 2 amide bonds. The van der Waals surface area contributed by atoms with Gasteiger partial charge in [-0.1, -0.05) is 54.1 Å². The number of benzene rings is 3. The summed E-state index contributed by atoms with van der Waals surface area (Å²) in [6, 6.07) is 24.6. The molecule has 0 aromatic heterocycles. The minimum absolute atomic E-state index is 0.0809. The van der Waals surface area contributed by atoms with Crippen molar-refractivity contribution in [2.45, 2.75) is 25.4 Å². The van der Waals surface area contributed by atoms with Gasteiger partial charge in [0.05, 0.1) is 5.56 Å². The van der Waals surface area contributed by atoms with E-state index in [4.69, 9.17) is 11.6 Å². The summed E-state index contributed by atoms with van der Waals surface area (Å²) in [4.78, 5) is 27.6. The van der Waals surface area contributed by atoms with E-state index in [2.05, 4.69) is 15.5 Å². The molecule has 6 heteroatoms. The SMILES string of the molecule is O=C(NC1CCN(c2ccccc2C(=O)NCc2ccccc2)CC1)c1ccc(Cl)cc1. The molecular formula is C26H26ClN3O2. The number of para-hydroxylation sites is 1. The van der Waals surface area contributed by atoms with E-state index in [0.717, 1.165) is 37.2 Å². The summed E-state index contributed by atoms with van der Waals surface area (Å²) < 4.78 is 0. The first-order valence-electron chi connectivity index (χ1n) is 10.8. The highest BCUT2D eigenvalue weighted by molar-refractivity contribution is 6.30. The molecule has 1 fully saturated rings. The third kappa shape index (κ3) is 5.48. The van der Waals surface area contributed by atoms with Crippen molar-refractivity contribution in [3.8, 4) is 0 Å². The van der Waals surface area contributed by atoms with Crippen LogP contribution in [0.5, 0.6) is 0 Å². The number of nitrogens with zero attached hydrogens (tertiary/aromatic N) is 1. The van der Waals surface area contributed by atoms with E-state index in [1.165, 1.54) is 0 Å². The fourth-order valence-corrected chi connectivity index (χ4v) is 4.08. The highest BCUT2D eigenvalue weighted by Crippen LogP contribution is 2.24. The molecular weight excluding hydrogens is 422 g/mol. The number of hydrogen-bond acceptors (Lipinski definition) is 3. The van der Waals surface area contributed by atoms with Crippen LogP contribution in [0.2, 0.25) is 5.02 Å². The van der Waals surface area contributed by atoms with E-state index in [9.17, 15) is 9.59 Å². The number of carbonyl (C=O) groups is 2. The molecule has 1 heterocycles. The van der Waals surface area contributed by atoms with Gasteiger partial charge in [-0.25, -0.2) is 0 Å². The number of amides is 2. The summed E-state index contributed by atoms with van der Waals surface area (Å²) in [5.41, 5.74) is 3.28. The Morgan fingerprint density at radius 2 is 1.50 bits per heavy atom. The van der Waals surface area contributed by atoms with Crippen molar-refractivity contribution in [1.29, 1.82) is 0 Å². The number of hydrogen-bond donors (Lipinski definition) is 2. The largest absolute Gasteiger partial charge is 0.371 e. The number of rotatable bonds is 6. The van der Waals surface area contributed by atoms with Crippen LogP contribution in [0.4, 0.5) is 5.69 Å². The molecule has 0 spiro atoms. The molecule has 2 N–H and O–H groups in total. The van der Waals surface area contributed by atoms with Gasteiger partial charge in [0.25, 0.3) is 11.8 Å². The Kier molecular flexibility index (Phi) is 7.07. The maximum Gasteiger partial charge on any atom is 0.253 e. The van der Waals surface area contributed by atoms with Crippen LogP contribution in [0.15, 0.2) is 78.9 Å². The third-order valence-corrected chi connectivity index (χ3v) is 5.97. The Labute approximate surface area is 193 Å². The summed E-state index contributed by atoms with van der Waals surface area (Å²) in [5, 5.41) is 6.75. The van der Waals surface area contributed by atoms with E-state index in [-0.39, 0.29) is 17.9 Å². The van der Waals surface area contributed by atoms with Gasteiger partial charge in [-0.3, -0.25) is 9.59 Å². The Morgan fingerprint density at radius 3 is 2.22 bits per heavy atom. The quantitative estimate of drug-likeness (QED) is 0.577. The van der Waals surface area contributed by atoms with Gasteiger partial charge in [-0.15, -0.1) is 0 Å². The van der Waals surface area contributed by atoms with Crippen molar-refractivity contribution < 1.29 is 9.59 Å². The van der Waals surface area contributed by atoms with Crippen LogP contribution in [-0.4, -0.2) is 30.9 Å². The van der Waals surface area contributed by atoms with Crippen molar-refractivity contribution in [3.05, 3.63) is 101 Å². The standard InChI is InChI=1S/C26H26ClN3O2/c27-21-12-10-20(11-13-21)25(31)29-22-14-16-30(17-15-22)24-9-5-4-8-23(24)26(32)28-18-19-6-2-1-3-7-19/h1-13,22H,14-18H2,(H,28,32)(H,29,31). The van der Waals surface area contributed by atoms with Crippen molar-refractivity contribution in [2.24, 2.45) is 0 Å². The lowest BCUT2D eigenvalue weighted by Gasteiger charge is -2.35. The molecule has 1 aliphatic heterocycles. The zero-order valence-corrected chi connectivity index (χ0v) is 18.5. The number of nitrogens with one attached hydrogen (secondary N) is 2. The van der Waals surface area contributed by atoms with Crippen LogP contribution in [0, 0.1) is 0 Å². The Balaban J connectivity index is 1.35. The molecule has 1 aliphatic rings. The molecule has 1 saturated heterocycles. The first kappa shape index (κ1) is 21.9. The molecule has 164 valence electrons. The Hall–Kier alpha value is -3.31. The molecule has 32 heavy (non-hydrogen) atoms. The topological polar surface area (TPSA) is 61.4 Å². The molecule has 5 nitrogen and oxygen atoms in total. The molecule has 0 atom stereocenters. The van der Waals surface area contributed by atoms with E-state index in [1.807, 2.05) is 54.6 Å². The number of carbonyl (C=O) groups excluding carboxylic acids is 2. The summed E-state index contributed by atoms with van der Waals surface area (Å²) in [5.74, 6) is -0.163. The fourth-order valence-electron chi connectivity index (χ4n) is 3.95. The van der Waals surface area contributed by atoms with Crippen molar-refractivity contribution in [3.63, 3.8) is 0 Å². The van der Waals surface area contributed by atoms with Crippen LogP contribution in [0.1, 0.15) is 39.1 Å². The van der Waals surface area contributed by atoms with Crippen LogP contribution in [-0.2, 0) is 6.54 Å². The number of piperidine rings is 1. The van der Waals surface area contributed by atoms with Gasteiger partial charge in [0.2, 0.25) is 0 Å². The summed E-state index contributed by atoms with van der Waals surface area (Å²) in [7, 11) is 0. The van der Waals surface area contributed by atoms with Crippen molar-refractivity contribution in [1.82, 2.24) is 10.6 Å². The van der Waals surface area contributed by atoms with Crippen LogP contribution in [0.3, 0.4) is 0 Å². The summed E-state index contributed by atoms with van der Waals surface area (Å²) in [6.07, 6.45) is 1.64. The van der Waals surface area contributed by atoms with Gasteiger partial charge in [-0.2, -0.15) is 0 Å². The number of halogens is 1. The first-order chi connectivity index (χ1) is 15.6. The third-order valence-electron chi connectivity index (χ3n) is 5.72. The zero-order chi connectivity index (χ0) is 22.3. The highest BCUT2D eigenvalue weighted by Gasteiger charge is 2.24. The molecule has 0 aliphatic carbocycles. The summed E-state index contributed by atoms with van der Waals surface area (Å²) in [6.45, 7) is 2.04. The molecule has 0 bridgehead atoms.